The fourth-order valence-electron chi connectivity index (χ4n) is 2.95. The highest BCUT2D eigenvalue weighted by Gasteiger charge is 2.24. The van der Waals surface area contributed by atoms with Crippen LogP contribution in [-0.2, 0) is 11.8 Å². The molecule has 128 valence electrons. The molecule has 1 heterocycles. The Morgan fingerprint density at radius 2 is 1.76 bits per heavy atom. The molecule has 3 rings (SSSR count). The Balaban J connectivity index is 1.95. The molecule has 1 N–H and O–H groups in total. The third kappa shape index (κ3) is 3.01. The number of amides is 1. The van der Waals surface area contributed by atoms with Crippen molar-refractivity contribution in [1.29, 1.82) is 0 Å². The quantitative estimate of drug-likeness (QED) is 0.571. The molecular weight excluding hydrogens is 316 g/mol. The van der Waals surface area contributed by atoms with Crippen LogP contribution < -0.4 is 10.1 Å². The Hall–Kier alpha value is -3.08. The van der Waals surface area contributed by atoms with E-state index in [1.165, 1.54) is 0 Å². The molecule has 25 heavy (non-hydrogen) atoms. The number of ketones is 1. The summed E-state index contributed by atoms with van der Waals surface area (Å²) in [5.74, 6) is -0.687. The minimum atomic E-state index is -0.674. The van der Waals surface area contributed by atoms with Crippen LogP contribution in [0.3, 0.4) is 0 Å². The zero-order valence-corrected chi connectivity index (χ0v) is 14.5. The molecule has 0 fully saturated rings. The molecule has 1 amide bonds. The second-order valence-corrected chi connectivity index (χ2v) is 5.75. The second kappa shape index (κ2) is 6.81. The average molecular weight is 336 g/mol. The van der Waals surface area contributed by atoms with Crippen LogP contribution in [0, 0.1) is 6.92 Å². The number of anilines is 1. The summed E-state index contributed by atoms with van der Waals surface area (Å²) in [6.07, 6.45) is 0. The number of hydrogen-bond donors (Lipinski definition) is 1. The summed E-state index contributed by atoms with van der Waals surface area (Å²) in [5, 5.41) is 3.45. The van der Waals surface area contributed by atoms with Gasteiger partial charge in [0.2, 0.25) is 0 Å². The van der Waals surface area contributed by atoms with Gasteiger partial charge in [0.25, 0.3) is 11.7 Å². The maximum atomic E-state index is 12.8. The number of para-hydroxylation sites is 3. The van der Waals surface area contributed by atoms with E-state index in [1.807, 2.05) is 55.8 Å². The summed E-state index contributed by atoms with van der Waals surface area (Å²) in [5.41, 5.74) is 2.61. The topological polar surface area (TPSA) is 60.3 Å². The van der Waals surface area contributed by atoms with E-state index in [2.05, 4.69) is 5.32 Å². The number of nitrogens with zero attached hydrogens (tertiary/aromatic N) is 1. The third-order valence-corrected chi connectivity index (χ3v) is 4.27. The van der Waals surface area contributed by atoms with Crippen molar-refractivity contribution in [1.82, 2.24) is 4.57 Å². The smallest absolute Gasteiger partial charge is 0.296 e. The van der Waals surface area contributed by atoms with E-state index >= 15 is 0 Å². The fourth-order valence-corrected chi connectivity index (χ4v) is 2.95. The molecule has 0 aliphatic carbocycles. The first-order valence-corrected chi connectivity index (χ1v) is 8.16. The second-order valence-electron chi connectivity index (χ2n) is 5.75. The summed E-state index contributed by atoms with van der Waals surface area (Å²) in [6.45, 7) is 4.18. The number of hydrogen-bond acceptors (Lipinski definition) is 3. The van der Waals surface area contributed by atoms with Crippen LogP contribution in [0.15, 0.2) is 48.5 Å². The average Bonchev–Trinajstić information content (AvgIpc) is 2.87. The predicted octanol–water partition coefficient (Wildman–Crippen LogP) is 3.71. The molecule has 0 bridgehead atoms. The van der Waals surface area contributed by atoms with E-state index in [1.54, 1.807) is 18.2 Å². The number of benzene rings is 2. The van der Waals surface area contributed by atoms with Crippen molar-refractivity contribution < 1.29 is 14.3 Å². The molecule has 2 aromatic carbocycles. The van der Waals surface area contributed by atoms with Gasteiger partial charge in [0.1, 0.15) is 5.75 Å². The number of rotatable bonds is 5. The van der Waals surface area contributed by atoms with Crippen molar-refractivity contribution in [2.75, 3.05) is 11.9 Å². The minimum Gasteiger partial charge on any atom is -0.492 e. The van der Waals surface area contributed by atoms with Crippen LogP contribution in [0.25, 0.3) is 10.9 Å². The van der Waals surface area contributed by atoms with E-state index in [0.717, 1.165) is 16.6 Å². The summed E-state index contributed by atoms with van der Waals surface area (Å²) in [7, 11) is 1.89. The maximum Gasteiger partial charge on any atom is 0.296 e. The largest absolute Gasteiger partial charge is 0.492 e. The van der Waals surface area contributed by atoms with E-state index in [-0.39, 0.29) is 0 Å². The summed E-state index contributed by atoms with van der Waals surface area (Å²) >= 11 is 0. The highest BCUT2D eigenvalue weighted by Crippen LogP contribution is 2.27. The Kier molecular flexibility index (Phi) is 4.57. The summed E-state index contributed by atoms with van der Waals surface area (Å²) in [4.78, 5) is 25.3. The predicted molar refractivity (Wildman–Crippen MR) is 98.2 cm³/mol. The molecule has 5 heteroatoms. The maximum absolute atomic E-state index is 12.8. The molecular formula is C20H20N2O3. The number of aromatic nitrogens is 1. The van der Waals surface area contributed by atoms with E-state index in [9.17, 15) is 9.59 Å². The van der Waals surface area contributed by atoms with Crippen LogP contribution in [0.2, 0.25) is 0 Å². The van der Waals surface area contributed by atoms with Gasteiger partial charge < -0.3 is 14.6 Å². The van der Waals surface area contributed by atoms with Gasteiger partial charge >= 0.3 is 0 Å². The van der Waals surface area contributed by atoms with Crippen LogP contribution in [0.5, 0.6) is 5.75 Å². The van der Waals surface area contributed by atoms with Crippen LogP contribution in [0.4, 0.5) is 5.69 Å². The molecule has 5 nitrogen and oxygen atoms in total. The van der Waals surface area contributed by atoms with Crippen LogP contribution >= 0.6 is 0 Å². The lowest BCUT2D eigenvalue weighted by Crippen LogP contribution is -2.24. The number of Topliss-reactive ketones (excluding diaryl/α,β-unsaturated/α-hetero) is 1. The zero-order chi connectivity index (χ0) is 18.0. The van der Waals surface area contributed by atoms with Gasteiger partial charge in [0, 0.05) is 23.6 Å². The van der Waals surface area contributed by atoms with Crippen LogP contribution in [-0.4, -0.2) is 22.9 Å². The van der Waals surface area contributed by atoms with Crippen molar-refractivity contribution in [3.63, 3.8) is 0 Å². The van der Waals surface area contributed by atoms with E-state index in [4.69, 9.17) is 4.74 Å². The van der Waals surface area contributed by atoms with Crippen molar-refractivity contribution in [2.24, 2.45) is 7.05 Å². The normalized spacial score (nSPS) is 10.7. The molecule has 0 atom stereocenters. The lowest BCUT2D eigenvalue weighted by atomic mass is 10.1. The van der Waals surface area contributed by atoms with Gasteiger partial charge in [-0.2, -0.15) is 0 Å². The van der Waals surface area contributed by atoms with Gasteiger partial charge in [-0.25, -0.2) is 0 Å². The van der Waals surface area contributed by atoms with Gasteiger partial charge in [-0.3, -0.25) is 9.59 Å². The zero-order valence-electron chi connectivity index (χ0n) is 14.5. The highest BCUT2D eigenvalue weighted by atomic mass is 16.5. The van der Waals surface area contributed by atoms with Crippen molar-refractivity contribution in [3.8, 4) is 5.75 Å². The molecule has 0 saturated carbocycles. The number of fused-ring (bicyclic) bond motifs is 1. The molecule has 0 aliphatic rings. The van der Waals surface area contributed by atoms with Crippen molar-refractivity contribution in [2.45, 2.75) is 13.8 Å². The number of aryl methyl sites for hydroxylation is 1. The summed E-state index contributed by atoms with van der Waals surface area (Å²) in [6, 6.07) is 14.6. The monoisotopic (exact) mass is 336 g/mol. The SMILES string of the molecule is CCOc1ccccc1NC(=O)C(=O)c1c(C)n(C)c2ccccc12. The van der Waals surface area contributed by atoms with Gasteiger partial charge in [-0.15, -0.1) is 0 Å². The first-order valence-electron chi connectivity index (χ1n) is 8.16. The van der Waals surface area contributed by atoms with Gasteiger partial charge in [-0.05, 0) is 32.0 Å². The molecule has 1 aromatic heterocycles. The molecule has 0 radical (unpaired) electrons. The van der Waals surface area contributed by atoms with Crippen LogP contribution in [0.1, 0.15) is 23.0 Å². The minimum absolute atomic E-state index is 0.435. The standard InChI is InChI=1S/C20H20N2O3/c1-4-25-17-12-8-6-10-15(17)21-20(24)19(23)18-13(2)22(3)16-11-7-5-9-14(16)18/h5-12H,4H2,1-3H3,(H,21,24). The molecule has 0 spiro atoms. The molecule has 0 aliphatic heterocycles. The lowest BCUT2D eigenvalue weighted by Gasteiger charge is -2.10. The Bertz CT molecular complexity index is 957. The van der Waals surface area contributed by atoms with Crippen molar-refractivity contribution in [3.05, 3.63) is 59.8 Å². The number of nitrogens with one attached hydrogen (secondary N) is 1. The first kappa shape index (κ1) is 16.8. The van der Waals surface area contributed by atoms with Gasteiger partial charge in [0.05, 0.1) is 17.9 Å². The molecule has 0 unspecified atom stereocenters. The van der Waals surface area contributed by atoms with E-state index < -0.39 is 11.7 Å². The third-order valence-electron chi connectivity index (χ3n) is 4.27. The number of carbonyl (C=O) groups is 2. The van der Waals surface area contributed by atoms with Gasteiger partial charge in [0.15, 0.2) is 0 Å². The Morgan fingerprint density at radius 3 is 2.52 bits per heavy atom. The first-order chi connectivity index (χ1) is 12.0. The van der Waals surface area contributed by atoms with E-state index in [0.29, 0.717) is 23.6 Å². The van der Waals surface area contributed by atoms with Gasteiger partial charge in [-0.1, -0.05) is 30.3 Å². The number of ether oxygens (including phenoxy) is 1. The Morgan fingerprint density at radius 1 is 1.08 bits per heavy atom. The van der Waals surface area contributed by atoms with Crippen molar-refractivity contribution >= 4 is 28.3 Å². The number of carbonyl (C=O) groups excluding carboxylic acids is 2. The fraction of sp³-hybridized carbons (Fsp3) is 0.200. The Labute approximate surface area is 146 Å². The molecule has 3 aromatic rings. The molecule has 0 saturated heterocycles. The lowest BCUT2D eigenvalue weighted by molar-refractivity contribution is -0.112. The highest BCUT2D eigenvalue weighted by molar-refractivity contribution is 6.48. The summed E-state index contributed by atoms with van der Waals surface area (Å²) < 4.78 is 7.41.